The van der Waals surface area contributed by atoms with Crippen LogP contribution in [0.3, 0.4) is 0 Å². The predicted molar refractivity (Wildman–Crippen MR) is 121 cm³/mol. The zero-order valence-electron chi connectivity index (χ0n) is 18.9. The molecule has 0 spiro atoms. The molecule has 0 heterocycles. The van der Waals surface area contributed by atoms with E-state index in [-0.39, 0.29) is 12.4 Å². The molecule has 0 amide bonds. The van der Waals surface area contributed by atoms with E-state index in [2.05, 4.69) is 82.5 Å². The molecule has 0 radical (unpaired) electrons. The van der Waals surface area contributed by atoms with Gasteiger partial charge in [0.2, 0.25) is 0 Å². The molecular formula is C26H40ClNO. The summed E-state index contributed by atoms with van der Waals surface area (Å²) < 4.78 is 7.19. The summed E-state index contributed by atoms with van der Waals surface area (Å²) in [4.78, 5) is 0. The van der Waals surface area contributed by atoms with E-state index in [1.54, 1.807) is 0 Å². The van der Waals surface area contributed by atoms with Crippen molar-refractivity contribution in [1.29, 1.82) is 0 Å². The predicted octanol–water partition coefficient (Wildman–Crippen LogP) is 3.81. The van der Waals surface area contributed by atoms with Gasteiger partial charge in [0.05, 0.1) is 14.1 Å². The molecule has 2 nitrogen and oxygen atoms in total. The van der Waals surface area contributed by atoms with Crippen molar-refractivity contribution in [3.8, 4) is 5.75 Å². The molecule has 0 saturated carbocycles. The molecule has 2 rings (SSSR count). The molecule has 2 aromatic rings. The number of unbranched alkanes of at least 4 members (excludes halogenated alkanes) is 4. The van der Waals surface area contributed by atoms with E-state index in [0.29, 0.717) is 5.92 Å². The fourth-order valence-electron chi connectivity index (χ4n) is 3.79. The number of hydrogen-bond acceptors (Lipinski definition) is 1. The molecule has 0 aliphatic rings. The molecule has 1 atom stereocenters. The summed E-state index contributed by atoms with van der Waals surface area (Å²) in [5, 5.41) is 0. The van der Waals surface area contributed by atoms with Crippen molar-refractivity contribution in [2.24, 2.45) is 0 Å². The first-order chi connectivity index (χ1) is 13.5. The molecule has 0 fully saturated rings. The minimum atomic E-state index is 0. The number of nitrogens with zero attached hydrogens (tertiary/aromatic N) is 1. The lowest BCUT2D eigenvalue weighted by atomic mass is 9.94. The Hall–Kier alpha value is -1.51. The molecule has 0 N–H and O–H groups in total. The first-order valence-electron chi connectivity index (χ1n) is 11.1. The van der Waals surface area contributed by atoms with E-state index in [9.17, 15) is 0 Å². The van der Waals surface area contributed by atoms with Crippen molar-refractivity contribution in [3.63, 3.8) is 0 Å². The standard InChI is InChI=1S/C26H40NO.ClH/c1-5-6-7-8-10-15-23(2)25-18-13-14-19-26(25)28-21-20-27(3,4)22-24-16-11-9-12-17-24;/h9,11-14,16-19,23H,5-8,10,15,20-22H2,1-4H3;1H/q+1;/p-1. The van der Waals surface area contributed by atoms with Crippen molar-refractivity contribution in [3.05, 3.63) is 65.7 Å². The third-order valence-electron chi connectivity index (χ3n) is 5.60. The van der Waals surface area contributed by atoms with Crippen LogP contribution in [0.15, 0.2) is 54.6 Å². The lowest BCUT2D eigenvalue weighted by molar-refractivity contribution is -0.903. The SMILES string of the molecule is CCCCCCCC(C)c1ccccc1OCC[N+](C)(C)Cc1ccccc1.[Cl-]. The molecule has 0 aliphatic heterocycles. The molecule has 0 aromatic heterocycles. The van der Waals surface area contributed by atoms with Crippen LogP contribution in [0.5, 0.6) is 5.75 Å². The summed E-state index contributed by atoms with van der Waals surface area (Å²) >= 11 is 0. The van der Waals surface area contributed by atoms with Crippen molar-refractivity contribution in [2.75, 3.05) is 27.2 Å². The summed E-state index contributed by atoms with van der Waals surface area (Å²) in [6, 6.07) is 19.3. The second-order valence-electron chi connectivity index (χ2n) is 8.79. The van der Waals surface area contributed by atoms with Crippen LogP contribution in [0, 0.1) is 0 Å². The monoisotopic (exact) mass is 417 g/mol. The topological polar surface area (TPSA) is 9.23 Å². The van der Waals surface area contributed by atoms with Gasteiger partial charge in [0.15, 0.2) is 0 Å². The molecule has 29 heavy (non-hydrogen) atoms. The zero-order valence-corrected chi connectivity index (χ0v) is 19.6. The van der Waals surface area contributed by atoms with Crippen molar-refractivity contribution in [1.82, 2.24) is 0 Å². The van der Waals surface area contributed by atoms with Crippen LogP contribution < -0.4 is 17.1 Å². The largest absolute Gasteiger partial charge is 1.00 e. The van der Waals surface area contributed by atoms with Gasteiger partial charge in [-0.3, -0.25) is 0 Å². The second-order valence-corrected chi connectivity index (χ2v) is 8.79. The Morgan fingerprint density at radius 1 is 0.862 bits per heavy atom. The smallest absolute Gasteiger partial charge is 0.137 e. The van der Waals surface area contributed by atoms with Gasteiger partial charge >= 0.3 is 0 Å². The number of para-hydroxylation sites is 1. The number of quaternary nitrogens is 1. The maximum Gasteiger partial charge on any atom is 0.137 e. The fraction of sp³-hybridized carbons (Fsp3) is 0.538. The van der Waals surface area contributed by atoms with Gasteiger partial charge in [-0.05, 0) is 24.0 Å². The van der Waals surface area contributed by atoms with Crippen LogP contribution in [0.2, 0.25) is 0 Å². The Kier molecular flexibility index (Phi) is 12.0. The van der Waals surface area contributed by atoms with Gasteiger partial charge in [0.1, 0.15) is 25.4 Å². The number of ether oxygens (including phenoxy) is 1. The Morgan fingerprint density at radius 2 is 1.52 bits per heavy atom. The molecular weight excluding hydrogens is 378 g/mol. The van der Waals surface area contributed by atoms with E-state index in [0.717, 1.165) is 29.9 Å². The molecule has 0 bridgehead atoms. The van der Waals surface area contributed by atoms with Gasteiger partial charge < -0.3 is 21.6 Å². The summed E-state index contributed by atoms with van der Waals surface area (Å²) in [7, 11) is 4.56. The maximum absolute atomic E-state index is 6.26. The maximum atomic E-state index is 6.26. The first kappa shape index (κ1) is 25.5. The molecule has 162 valence electrons. The van der Waals surface area contributed by atoms with Crippen molar-refractivity contribution in [2.45, 2.75) is 64.8 Å². The molecule has 0 aliphatic carbocycles. The normalized spacial score (nSPS) is 12.3. The Morgan fingerprint density at radius 3 is 2.24 bits per heavy atom. The van der Waals surface area contributed by atoms with Crippen LogP contribution in [0.1, 0.15) is 69.4 Å². The first-order valence-corrected chi connectivity index (χ1v) is 11.1. The van der Waals surface area contributed by atoms with Gasteiger partial charge in [0, 0.05) is 5.56 Å². The minimum absolute atomic E-state index is 0. The highest BCUT2D eigenvalue weighted by Crippen LogP contribution is 2.30. The second kappa shape index (κ2) is 13.7. The molecule has 2 aromatic carbocycles. The van der Waals surface area contributed by atoms with E-state index in [1.165, 1.54) is 49.7 Å². The van der Waals surface area contributed by atoms with E-state index < -0.39 is 0 Å². The van der Waals surface area contributed by atoms with Gasteiger partial charge in [-0.1, -0.05) is 94.5 Å². The van der Waals surface area contributed by atoms with Crippen molar-refractivity contribution < 1.29 is 21.6 Å². The third kappa shape index (κ3) is 9.69. The van der Waals surface area contributed by atoms with E-state index in [1.807, 2.05) is 0 Å². The quantitative estimate of drug-likeness (QED) is 0.355. The Balaban J connectivity index is 0.00000420. The molecule has 0 saturated heterocycles. The Bertz CT molecular complexity index is 671. The van der Waals surface area contributed by atoms with Crippen molar-refractivity contribution >= 4 is 0 Å². The van der Waals surface area contributed by atoms with E-state index >= 15 is 0 Å². The average Bonchev–Trinajstić information content (AvgIpc) is 2.68. The van der Waals surface area contributed by atoms with Crippen LogP contribution in [0.25, 0.3) is 0 Å². The van der Waals surface area contributed by atoms with Gasteiger partial charge in [-0.15, -0.1) is 0 Å². The van der Waals surface area contributed by atoms with Crippen LogP contribution in [-0.4, -0.2) is 31.7 Å². The van der Waals surface area contributed by atoms with Gasteiger partial charge in [-0.25, -0.2) is 0 Å². The number of rotatable bonds is 13. The highest BCUT2D eigenvalue weighted by Gasteiger charge is 2.17. The van der Waals surface area contributed by atoms with Crippen LogP contribution in [-0.2, 0) is 6.54 Å². The van der Waals surface area contributed by atoms with Gasteiger partial charge in [-0.2, -0.15) is 0 Å². The number of halogens is 1. The van der Waals surface area contributed by atoms with Crippen LogP contribution in [0.4, 0.5) is 0 Å². The summed E-state index contributed by atoms with van der Waals surface area (Å²) in [6.45, 7) is 7.39. The lowest BCUT2D eigenvalue weighted by Gasteiger charge is -2.30. The zero-order chi connectivity index (χ0) is 20.2. The average molecular weight is 418 g/mol. The number of hydrogen-bond donors (Lipinski definition) is 0. The highest BCUT2D eigenvalue weighted by atomic mass is 35.5. The van der Waals surface area contributed by atoms with E-state index in [4.69, 9.17) is 4.74 Å². The molecule has 3 heteroatoms. The fourth-order valence-corrected chi connectivity index (χ4v) is 3.79. The van der Waals surface area contributed by atoms with Crippen LogP contribution >= 0.6 is 0 Å². The summed E-state index contributed by atoms with van der Waals surface area (Å²) in [5.41, 5.74) is 2.75. The third-order valence-corrected chi connectivity index (χ3v) is 5.60. The highest BCUT2D eigenvalue weighted by molar-refractivity contribution is 5.35. The number of likely N-dealkylation sites (N-methyl/N-ethyl adjacent to an activating group) is 1. The number of benzene rings is 2. The Labute approximate surface area is 185 Å². The lowest BCUT2D eigenvalue weighted by Crippen LogP contribution is -3.00. The minimum Gasteiger partial charge on any atom is -1.00 e. The summed E-state index contributed by atoms with van der Waals surface area (Å²) in [6.07, 6.45) is 7.97. The summed E-state index contributed by atoms with van der Waals surface area (Å²) in [5.74, 6) is 1.63. The van der Waals surface area contributed by atoms with Gasteiger partial charge in [0.25, 0.3) is 0 Å². The molecule has 1 unspecified atom stereocenters.